The van der Waals surface area contributed by atoms with E-state index >= 15 is 0 Å². The Hall–Kier alpha value is -2.61. The molecule has 4 aromatic rings. The molecule has 8 heteroatoms. The van der Waals surface area contributed by atoms with Crippen molar-refractivity contribution in [2.24, 2.45) is 10.8 Å². The lowest BCUT2D eigenvalue weighted by atomic mass is 10.1. The molecule has 2 aromatic carbocycles. The SMILES string of the molecule is Cc1cc(C2=Nn3c(nnc3C(N)Cc3c[nH]c4ccccc34)SC2)ccc1Cl. The number of hydrogen-bond acceptors (Lipinski definition) is 5. The molecule has 3 heterocycles. The molecular formula is C21H19ClN6S. The fourth-order valence-corrected chi connectivity index (χ4v) is 4.53. The maximum atomic E-state index is 6.54. The Labute approximate surface area is 177 Å². The van der Waals surface area contributed by atoms with Crippen LogP contribution in [0.5, 0.6) is 0 Å². The minimum Gasteiger partial charge on any atom is -0.361 e. The molecule has 0 bridgehead atoms. The summed E-state index contributed by atoms with van der Waals surface area (Å²) in [4.78, 5) is 3.30. The summed E-state index contributed by atoms with van der Waals surface area (Å²) < 4.78 is 1.78. The van der Waals surface area contributed by atoms with E-state index in [1.54, 1.807) is 16.4 Å². The Bertz CT molecular complexity index is 1240. The van der Waals surface area contributed by atoms with E-state index in [4.69, 9.17) is 22.4 Å². The normalized spacial score (nSPS) is 14.7. The van der Waals surface area contributed by atoms with Gasteiger partial charge in [0, 0.05) is 27.9 Å². The number of nitrogens with one attached hydrogen (secondary N) is 1. The molecule has 2 aromatic heterocycles. The molecule has 29 heavy (non-hydrogen) atoms. The van der Waals surface area contributed by atoms with E-state index in [2.05, 4.69) is 33.4 Å². The molecule has 1 aliphatic rings. The zero-order valence-corrected chi connectivity index (χ0v) is 17.3. The molecule has 5 rings (SSSR count). The van der Waals surface area contributed by atoms with E-state index < -0.39 is 0 Å². The Kier molecular flexibility index (Phi) is 4.66. The van der Waals surface area contributed by atoms with Crippen LogP contribution in [0.4, 0.5) is 0 Å². The van der Waals surface area contributed by atoms with Gasteiger partial charge in [-0.3, -0.25) is 0 Å². The molecule has 0 aliphatic carbocycles. The maximum Gasteiger partial charge on any atom is 0.212 e. The molecule has 0 spiro atoms. The first-order valence-corrected chi connectivity index (χ1v) is 10.7. The van der Waals surface area contributed by atoms with Crippen molar-refractivity contribution >= 4 is 40.0 Å². The van der Waals surface area contributed by atoms with Gasteiger partial charge in [0.2, 0.25) is 5.16 Å². The van der Waals surface area contributed by atoms with Gasteiger partial charge in [0.05, 0.1) is 11.8 Å². The number of benzene rings is 2. The number of fused-ring (bicyclic) bond motifs is 2. The molecule has 0 fully saturated rings. The van der Waals surface area contributed by atoms with Crippen LogP contribution in [0.25, 0.3) is 10.9 Å². The minimum atomic E-state index is -0.314. The van der Waals surface area contributed by atoms with Crippen molar-refractivity contribution in [2.45, 2.75) is 24.5 Å². The average molecular weight is 423 g/mol. The van der Waals surface area contributed by atoms with Crippen LogP contribution in [0.1, 0.15) is 28.6 Å². The number of hydrogen-bond donors (Lipinski definition) is 2. The van der Waals surface area contributed by atoms with E-state index in [-0.39, 0.29) is 6.04 Å². The number of H-pyrrole nitrogens is 1. The van der Waals surface area contributed by atoms with E-state index in [0.717, 1.165) is 43.9 Å². The maximum absolute atomic E-state index is 6.54. The summed E-state index contributed by atoms with van der Waals surface area (Å²) in [6.07, 6.45) is 2.66. The van der Waals surface area contributed by atoms with Crippen molar-refractivity contribution in [1.29, 1.82) is 0 Å². The average Bonchev–Trinajstić information content (AvgIpc) is 3.34. The topological polar surface area (TPSA) is 84.9 Å². The first-order valence-electron chi connectivity index (χ1n) is 9.33. The van der Waals surface area contributed by atoms with Gasteiger partial charge in [-0.05, 0) is 48.2 Å². The van der Waals surface area contributed by atoms with E-state index in [1.807, 2.05) is 37.4 Å². The van der Waals surface area contributed by atoms with Gasteiger partial charge < -0.3 is 10.7 Å². The highest BCUT2D eigenvalue weighted by Gasteiger charge is 2.24. The van der Waals surface area contributed by atoms with Gasteiger partial charge in [-0.1, -0.05) is 47.6 Å². The number of para-hydroxylation sites is 1. The number of halogens is 1. The highest BCUT2D eigenvalue weighted by atomic mass is 35.5. The van der Waals surface area contributed by atoms with Crippen LogP contribution in [0, 0.1) is 6.92 Å². The van der Waals surface area contributed by atoms with Crippen molar-refractivity contribution in [3.8, 4) is 0 Å². The summed E-state index contributed by atoms with van der Waals surface area (Å²) in [5.41, 5.74) is 11.8. The predicted octanol–water partition coefficient (Wildman–Crippen LogP) is 4.32. The Morgan fingerprint density at radius 3 is 2.97 bits per heavy atom. The molecule has 1 atom stereocenters. The van der Waals surface area contributed by atoms with Gasteiger partial charge in [0.25, 0.3) is 0 Å². The second kappa shape index (κ2) is 7.33. The zero-order chi connectivity index (χ0) is 20.0. The lowest BCUT2D eigenvalue weighted by molar-refractivity contribution is 0.608. The highest BCUT2D eigenvalue weighted by Crippen LogP contribution is 2.29. The second-order valence-electron chi connectivity index (χ2n) is 7.12. The lowest BCUT2D eigenvalue weighted by Crippen LogP contribution is -2.21. The standard InChI is InChI=1S/C21H19ClN6S/c1-12-8-13(6-7-16(12)22)19-11-29-21-26-25-20(28(21)27-19)17(23)9-14-10-24-18-5-3-2-4-15(14)18/h2-8,10,17,24H,9,11,23H2,1H3. The van der Waals surface area contributed by atoms with E-state index in [1.165, 1.54) is 5.39 Å². The summed E-state index contributed by atoms with van der Waals surface area (Å²) >= 11 is 7.78. The number of aromatic amines is 1. The van der Waals surface area contributed by atoms with Crippen LogP contribution < -0.4 is 5.73 Å². The van der Waals surface area contributed by atoms with Crippen LogP contribution >= 0.6 is 23.4 Å². The third kappa shape index (κ3) is 3.35. The molecular weight excluding hydrogens is 404 g/mol. The molecule has 3 N–H and O–H groups in total. The number of rotatable bonds is 4. The smallest absolute Gasteiger partial charge is 0.212 e. The monoisotopic (exact) mass is 422 g/mol. The summed E-state index contributed by atoms with van der Waals surface area (Å²) in [7, 11) is 0. The van der Waals surface area contributed by atoms with Gasteiger partial charge in [-0.15, -0.1) is 10.2 Å². The summed E-state index contributed by atoms with van der Waals surface area (Å²) in [5, 5.41) is 16.2. The van der Waals surface area contributed by atoms with Gasteiger partial charge in [-0.25, -0.2) is 0 Å². The van der Waals surface area contributed by atoms with Crippen LogP contribution in [-0.4, -0.2) is 31.3 Å². The van der Waals surface area contributed by atoms with Gasteiger partial charge in [0.1, 0.15) is 0 Å². The van der Waals surface area contributed by atoms with Crippen LogP contribution in [0.3, 0.4) is 0 Å². The summed E-state index contributed by atoms with van der Waals surface area (Å²) in [6.45, 7) is 2.00. The molecule has 0 saturated heterocycles. The molecule has 6 nitrogen and oxygen atoms in total. The van der Waals surface area contributed by atoms with E-state index in [0.29, 0.717) is 12.2 Å². The van der Waals surface area contributed by atoms with Crippen molar-refractivity contribution in [2.75, 3.05) is 5.75 Å². The quantitative estimate of drug-likeness (QED) is 0.512. The number of aryl methyl sites for hydroxylation is 1. The number of nitrogens with zero attached hydrogens (tertiary/aromatic N) is 4. The minimum absolute atomic E-state index is 0.314. The van der Waals surface area contributed by atoms with Gasteiger partial charge >= 0.3 is 0 Å². The van der Waals surface area contributed by atoms with Crippen LogP contribution in [0.15, 0.2) is 58.9 Å². The summed E-state index contributed by atoms with van der Waals surface area (Å²) in [6, 6.07) is 13.9. The van der Waals surface area contributed by atoms with Crippen molar-refractivity contribution in [1.82, 2.24) is 19.9 Å². The third-order valence-electron chi connectivity index (χ3n) is 5.13. The zero-order valence-electron chi connectivity index (χ0n) is 15.8. The predicted molar refractivity (Wildman–Crippen MR) is 118 cm³/mol. The fourth-order valence-electron chi connectivity index (χ4n) is 3.57. The van der Waals surface area contributed by atoms with Gasteiger partial charge in [0.15, 0.2) is 5.82 Å². The highest BCUT2D eigenvalue weighted by molar-refractivity contribution is 7.99. The van der Waals surface area contributed by atoms with E-state index in [9.17, 15) is 0 Å². The Balaban J connectivity index is 1.47. The number of aromatic nitrogens is 4. The van der Waals surface area contributed by atoms with Crippen LogP contribution in [0.2, 0.25) is 5.02 Å². The molecule has 0 amide bonds. The largest absolute Gasteiger partial charge is 0.361 e. The molecule has 1 unspecified atom stereocenters. The van der Waals surface area contributed by atoms with Crippen molar-refractivity contribution in [3.05, 3.63) is 76.2 Å². The number of nitrogens with two attached hydrogens (primary N) is 1. The fraction of sp³-hybridized carbons (Fsp3) is 0.190. The van der Waals surface area contributed by atoms with Crippen LogP contribution in [-0.2, 0) is 6.42 Å². The Morgan fingerprint density at radius 2 is 2.10 bits per heavy atom. The molecule has 0 saturated carbocycles. The molecule has 1 aliphatic heterocycles. The molecule has 146 valence electrons. The Morgan fingerprint density at radius 1 is 1.24 bits per heavy atom. The van der Waals surface area contributed by atoms with Gasteiger partial charge in [-0.2, -0.15) is 9.78 Å². The van der Waals surface area contributed by atoms with Crippen molar-refractivity contribution in [3.63, 3.8) is 0 Å². The first kappa shape index (κ1) is 18.4. The second-order valence-corrected chi connectivity index (χ2v) is 8.47. The molecule has 0 radical (unpaired) electrons. The number of thioether (sulfide) groups is 1. The third-order valence-corrected chi connectivity index (χ3v) is 6.49. The summed E-state index contributed by atoms with van der Waals surface area (Å²) in [5.74, 6) is 1.40. The van der Waals surface area contributed by atoms with Crippen molar-refractivity contribution < 1.29 is 0 Å². The lowest BCUT2D eigenvalue weighted by Gasteiger charge is -2.16. The first-order chi connectivity index (χ1) is 14.1.